The lowest BCUT2D eigenvalue weighted by Crippen LogP contribution is -2.23. The Morgan fingerprint density at radius 1 is 0.571 bits per heavy atom. The van der Waals surface area contributed by atoms with Crippen molar-refractivity contribution in [3.8, 4) is 11.6 Å². The third-order valence-electron chi connectivity index (χ3n) is 10.6. The highest BCUT2D eigenvalue weighted by atomic mass is 35.5. The van der Waals surface area contributed by atoms with Gasteiger partial charge < -0.3 is 29.2 Å². The molecule has 3 heterocycles. The predicted octanol–water partition coefficient (Wildman–Crippen LogP) is 10.7. The molecule has 0 atom stereocenters. The molecular formula is C50H43Cl2N5O6. The summed E-state index contributed by atoms with van der Waals surface area (Å²) in [6, 6.07) is 38.9. The van der Waals surface area contributed by atoms with Crippen LogP contribution in [0.4, 0.5) is 11.4 Å². The second-order valence-electron chi connectivity index (χ2n) is 14.8. The molecule has 0 spiro atoms. The molecule has 13 heteroatoms. The van der Waals surface area contributed by atoms with Crippen LogP contribution in [0.5, 0.6) is 11.6 Å². The first-order chi connectivity index (χ1) is 30.3. The number of benzene rings is 5. The van der Waals surface area contributed by atoms with E-state index in [2.05, 4.69) is 20.2 Å². The molecule has 11 nitrogen and oxygen atoms in total. The Bertz CT molecular complexity index is 3010. The maximum Gasteiger partial charge on any atom is 0.296 e. The molecule has 0 aliphatic carbocycles. The van der Waals surface area contributed by atoms with Crippen molar-refractivity contribution in [2.45, 2.75) is 33.9 Å². The minimum atomic E-state index is -0.730. The first-order valence-electron chi connectivity index (χ1n) is 19.9. The first-order valence-corrected chi connectivity index (χ1v) is 20.6. The molecule has 8 rings (SSSR count). The van der Waals surface area contributed by atoms with Gasteiger partial charge >= 0.3 is 0 Å². The maximum atomic E-state index is 13.2. The average Bonchev–Trinajstić information content (AvgIpc) is 3.71. The highest BCUT2D eigenvalue weighted by Crippen LogP contribution is 2.32. The monoisotopic (exact) mass is 879 g/mol. The van der Waals surface area contributed by atoms with E-state index in [0.29, 0.717) is 68.3 Å². The number of aryl methyl sites for hydroxylation is 1. The van der Waals surface area contributed by atoms with Crippen LogP contribution in [0.1, 0.15) is 48.8 Å². The summed E-state index contributed by atoms with van der Waals surface area (Å²) in [4.78, 5) is 56.2. The largest absolute Gasteiger partial charge is 0.497 e. The van der Waals surface area contributed by atoms with Gasteiger partial charge in [-0.2, -0.15) is 0 Å². The molecule has 8 aromatic rings. The Morgan fingerprint density at radius 3 is 1.73 bits per heavy atom. The van der Waals surface area contributed by atoms with E-state index in [1.165, 1.54) is 20.4 Å². The van der Waals surface area contributed by atoms with Gasteiger partial charge in [-0.1, -0.05) is 83.4 Å². The fourth-order valence-corrected chi connectivity index (χ4v) is 7.77. The van der Waals surface area contributed by atoms with Crippen LogP contribution >= 0.6 is 23.2 Å². The number of nitrogens with one attached hydrogen (secondary N) is 2. The van der Waals surface area contributed by atoms with Gasteiger partial charge in [-0.25, -0.2) is 4.98 Å². The second kappa shape index (κ2) is 19.2. The number of ether oxygens (including phenoxy) is 2. The fraction of sp³-hybridized carbons (Fsp3) is 0.140. The Labute approximate surface area is 374 Å². The molecule has 3 aromatic heterocycles. The van der Waals surface area contributed by atoms with Gasteiger partial charge in [0.15, 0.2) is 0 Å². The van der Waals surface area contributed by atoms with Crippen molar-refractivity contribution >= 4 is 79.8 Å². The average molecular weight is 881 g/mol. The van der Waals surface area contributed by atoms with Crippen molar-refractivity contribution in [3.63, 3.8) is 0 Å². The number of aromatic nitrogens is 3. The number of anilines is 2. The number of halogens is 2. The van der Waals surface area contributed by atoms with Crippen molar-refractivity contribution in [2.24, 2.45) is 0 Å². The number of carbonyl (C=O) groups excluding carboxylic acids is 4. The third-order valence-corrected chi connectivity index (χ3v) is 11.1. The first kappa shape index (κ1) is 43.9. The molecular weight excluding hydrogens is 837 g/mol. The van der Waals surface area contributed by atoms with Crippen LogP contribution < -0.4 is 20.1 Å². The number of hydrogen-bond acceptors (Lipinski definition) is 7. The molecule has 0 bridgehead atoms. The van der Waals surface area contributed by atoms with Gasteiger partial charge in [0.1, 0.15) is 5.75 Å². The van der Waals surface area contributed by atoms with Crippen molar-refractivity contribution in [1.82, 2.24) is 14.1 Å². The van der Waals surface area contributed by atoms with E-state index in [9.17, 15) is 19.2 Å². The lowest BCUT2D eigenvalue weighted by Gasteiger charge is -2.09. The second-order valence-corrected chi connectivity index (χ2v) is 15.6. The number of nitrogens with zero attached hydrogens (tertiary/aromatic N) is 3. The summed E-state index contributed by atoms with van der Waals surface area (Å²) in [5.74, 6) is -1.69. The highest BCUT2D eigenvalue weighted by molar-refractivity contribution is 6.49. The van der Waals surface area contributed by atoms with Crippen LogP contribution in [0.15, 0.2) is 134 Å². The van der Waals surface area contributed by atoms with Crippen molar-refractivity contribution in [2.75, 3.05) is 24.9 Å². The third kappa shape index (κ3) is 9.80. The van der Waals surface area contributed by atoms with Crippen molar-refractivity contribution in [1.29, 1.82) is 0 Å². The van der Waals surface area contributed by atoms with E-state index in [4.69, 9.17) is 32.7 Å². The molecule has 2 amide bonds. The lowest BCUT2D eigenvalue weighted by molar-refractivity contribution is -0.113. The summed E-state index contributed by atoms with van der Waals surface area (Å²) < 4.78 is 14.3. The molecule has 0 fully saturated rings. The smallest absolute Gasteiger partial charge is 0.296 e. The lowest BCUT2D eigenvalue weighted by atomic mass is 10.0. The molecule has 0 radical (unpaired) electrons. The van der Waals surface area contributed by atoms with E-state index < -0.39 is 23.4 Å². The zero-order valence-electron chi connectivity index (χ0n) is 35.2. The SMILES string of the molecule is COc1cc(NC(=O)C(=O)c2c(C)n(Cc3ccccc3)c3ccc(C)cc23)ccn1.COc1cccc(NC(=O)C(=O)c2c(C)n(Cc3ccc(Cl)cc3)c3ccc(Cl)cc23)c1. The molecule has 0 aliphatic rings. The fourth-order valence-electron chi connectivity index (χ4n) is 7.47. The van der Waals surface area contributed by atoms with Gasteiger partial charge in [-0.3, -0.25) is 19.2 Å². The standard InChI is InChI=1S/C25H20Cl2N2O3.C25H23N3O3/c1-15-23(24(30)25(31)28-19-4-3-5-20(13-19)32-2)21-12-18(27)10-11-22(21)29(15)14-16-6-8-17(26)9-7-16;1-16-9-10-21-20(13-16)23(17(2)28(21)15-18-7-5-4-6-8-18)24(29)25(30)27-19-11-12-26-22(14-19)31-3/h3-13H,14H2,1-2H3,(H,28,31);4-14H,15H2,1-3H3,(H,26,27,30). The number of pyridine rings is 1. The van der Waals surface area contributed by atoms with Gasteiger partial charge in [0.05, 0.1) is 25.3 Å². The summed E-state index contributed by atoms with van der Waals surface area (Å²) in [7, 11) is 3.03. The Kier molecular flexibility index (Phi) is 13.4. The Morgan fingerprint density at radius 2 is 1.13 bits per heavy atom. The molecule has 318 valence electrons. The number of fused-ring (bicyclic) bond motifs is 2. The van der Waals surface area contributed by atoms with Crippen LogP contribution in [-0.4, -0.2) is 51.7 Å². The summed E-state index contributed by atoms with van der Waals surface area (Å²) in [6.45, 7) is 6.82. The summed E-state index contributed by atoms with van der Waals surface area (Å²) >= 11 is 12.2. The van der Waals surface area contributed by atoms with Gasteiger partial charge in [-0.15, -0.1) is 0 Å². The minimum absolute atomic E-state index is 0.330. The van der Waals surface area contributed by atoms with E-state index in [1.807, 2.05) is 104 Å². The molecule has 5 aromatic carbocycles. The number of carbonyl (C=O) groups is 4. The van der Waals surface area contributed by atoms with Gasteiger partial charge in [0.2, 0.25) is 5.88 Å². The number of Topliss-reactive ketones (excluding diaryl/α,β-unsaturated/α-hetero) is 2. The normalized spacial score (nSPS) is 10.8. The van der Waals surface area contributed by atoms with Gasteiger partial charge in [0.25, 0.3) is 23.4 Å². The van der Waals surface area contributed by atoms with Crippen LogP contribution in [0, 0.1) is 20.8 Å². The summed E-state index contributed by atoms with van der Waals surface area (Å²) in [5.41, 5.74) is 8.03. The molecule has 0 unspecified atom stereocenters. The number of ketones is 2. The molecule has 0 aliphatic heterocycles. The molecule has 2 N–H and O–H groups in total. The molecule has 0 saturated heterocycles. The van der Waals surface area contributed by atoms with Crippen LogP contribution in [0.3, 0.4) is 0 Å². The van der Waals surface area contributed by atoms with E-state index >= 15 is 0 Å². The quantitative estimate of drug-likeness (QED) is 0.0922. The summed E-state index contributed by atoms with van der Waals surface area (Å²) in [5, 5.41) is 7.88. The topological polar surface area (TPSA) is 134 Å². The highest BCUT2D eigenvalue weighted by Gasteiger charge is 2.27. The van der Waals surface area contributed by atoms with Crippen molar-refractivity contribution in [3.05, 3.63) is 183 Å². The maximum absolute atomic E-state index is 13.2. The van der Waals surface area contributed by atoms with Gasteiger partial charge in [0, 0.05) is 86.0 Å². The van der Waals surface area contributed by atoms with E-state index in [1.54, 1.807) is 48.5 Å². The number of hydrogen-bond donors (Lipinski definition) is 2. The number of methoxy groups -OCH3 is 2. The number of rotatable bonds is 12. The van der Waals surface area contributed by atoms with E-state index in [-0.39, 0.29) is 0 Å². The summed E-state index contributed by atoms with van der Waals surface area (Å²) in [6.07, 6.45) is 1.51. The zero-order valence-corrected chi connectivity index (χ0v) is 36.7. The van der Waals surface area contributed by atoms with Crippen molar-refractivity contribution < 1.29 is 28.7 Å². The van der Waals surface area contributed by atoms with Gasteiger partial charge in [-0.05, 0) is 92.6 Å². The van der Waals surface area contributed by atoms with Crippen LogP contribution in [0.2, 0.25) is 10.0 Å². The minimum Gasteiger partial charge on any atom is -0.497 e. The van der Waals surface area contributed by atoms with Crippen LogP contribution in [-0.2, 0) is 22.7 Å². The predicted molar refractivity (Wildman–Crippen MR) is 249 cm³/mol. The Hall–Kier alpha value is -7.21. The molecule has 0 saturated carbocycles. The van der Waals surface area contributed by atoms with Crippen LogP contribution in [0.25, 0.3) is 21.8 Å². The van der Waals surface area contributed by atoms with E-state index in [0.717, 1.165) is 38.8 Å². The zero-order chi connectivity index (χ0) is 44.8. The number of amides is 2. The Balaban J connectivity index is 0.000000189. The molecule has 63 heavy (non-hydrogen) atoms.